The number of nitrogens with zero attached hydrogens (tertiary/aromatic N) is 3. The van der Waals surface area contributed by atoms with Crippen molar-refractivity contribution in [1.82, 2.24) is 20.1 Å². The molecule has 0 aromatic carbocycles. The molecule has 1 aromatic heterocycles. The topological polar surface area (TPSA) is 53.8 Å². The first-order valence-electron chi connectivity index (χ1n) is 8.71. The fourth-order valence-electron chi connectivity index (χ4n) is 2.69. The van der Waals surface area contributed by atoms with E-state index >= 15 is 0 Å². The molecular formula is C17H31N5O. The van der Waals surface area contributed by atoms with Crippen LogP contribution < -0.4 is 10.6 Å². The molecule has 0 bridgehead atoms. The fourth-order valence-corrected chi connectivity index (χ4v) is 2.69. The van der Waals surface area contributed by atoms with Crippen molar-refractivity contribution in [2.24, 2.45) is 10.9 Å². The van der Waals surface area contributed by atoms with Crippen LogP contribution in [0.5, 0.6) is 0 Å². The molecule has 6 heteroatoms. The first-order chi connectivity index (χ1) is 11.3. The average Bonchev–Trinajstić information content (AvgIpc) is 3.07. The maximum absolute atomic E-state index is 5.40. The van der Waals surface area contributed by atoms with Crippen LogP contribution in [0.4, 0.5) is 0 Å². The van der Waals surface area contributed by atoms with Crippen molar-refractivity contribution in [1.29, 1.82) is 0 Å². The van der Waals surface area contributed by atoms with Crippen molar-refractivity contribution >= 4 is 5.96 Å². The van der Waals surface area contributed by atoms with Gasteiger partial charge in [0, 0.05) is 58.2 Å². The summed E-state index contributed by atoms with van der Waals surface area (Å²) in [6.45, 7) is 12.8. The predicted molar refractivity (Wildman–Crippen MR) is 94.8 cm³/mol. The van der Waals surface area contributed by atoms with Crippen LogP contribution in [0.15, 0.2) is 29.5 Å². The van der Waals surface area contributed by atoms with Crippen molar-refractivity contribution in [2.75, 3.05) is 52.5 Å². The minimum absolute atomic E-state index is 0.549. The molecule has 0 radical (unpaired) electrons. The number of hydrogen-bond acceptors (Lipinski definition) is 3. The standard InChI is InChI=1S/C17H31N5O/c1-3-18-17(19-6-9-21-7-4-5-8-21)20-14-16(2)15-22-10-12-23-13-11-22/h4-5,7-8,16H,3,6,9-15H2,1-2H3,(H2,18,19,20). The highest BCUT2D eigenvalue weighted by Crippen LogP contribution is 2.03. The van der Waals surface area contributed by atoms with Gasteiger partial charge in [0.1, 0.15) is 0 Å². The van der Waals surface area contributed by atoms with Crippen LogP contribution in [0.1, 0.15) is 13.8 Å². The lowest BCUT2D eigenvalue weighted by Gasteiger charge is -2.28. The Kier molecular flexibility index (Phi) is 7.97. The molecular weight excluding hydrogens is 290 g/mol. The number of aromatic nitrogens is 1. The van der Waals surface area contributed by atoms with Gasteiger partial charge in [0.25, 0.3) is 0 Å². The number of guanidine groups is 1. The summed E-state index contributed by atoms with van der Waals surface area (Å²) >= 11 is 0. The Morgan fingerprint density at radius 2 is 1.96 bits per heavy atom. The van der Waals surface area contributed by atoms with Crippen LogP contribution in [0.2, 0.25) is 0 Å². The van der Waals surface area contributed by atoms with Crippen molar-refractivity contribution in [2.45, 2.75) is 20.4 Å². The average molecular weight is 321 g/mol. The van der Waals surface area contributed by atoms with Crippen LogP contribution in [0, 0.1) is 5.92 Å². The van der Waals surface area contributed by atoms with Gasteiger partial charge in [-0.15, -0.1) is 0 Å². The molecule has 1 aromatic rings. The summed E-state index contributed by atoms with van der Waals surface area (Å²) in [5.74, 6) is 1.46. The van der Waals surface area contributed by atoms with E-state index in [4.69, 9.17) is 9.73 Å². The third kappa shape index (κ3) is 7.05. The van der Waals surface area contributed by atoms with Crippen LogP contribution >= 0.6 is 0 Å². The smallest absolute Gasteiger partial charge is 0.191 e. The number of aliphatic imine (C=N–C) groups is 1. The maximum atomic E-state index is 5.40. The highest BCUT2D eigenvalue weighted by Gasteiger charge is 2.13. The van der Waals surface area contributed by atoms with Gasteiger partial charge in [0.2, 0.25) is 0 Å². The normalized spacial score (nSPS) is 17.9. The Morgan fingerprint density at radius 1 is 1.22 bits per heavy atom. The number of ether oxygens (including phenoxy) is 1. The second-order valence-electron chi connectivity index (χ2n) is 6.09. The minimum Gasteiger partial charge on any atom is -0.379 e. The molecule has 130 valence electrons. The van der Waals surface area contributed by atoms with Gasteiger partial charge in [0.15, 0.2) is 5.96 Å². The van der Waals surface area contributed by atoms with E-state index in [0.717, 1.165) is 65.0 Å². The quantitative estimate of drug-likeness (QED) is 0.554. The molecule has 0 saturated carbocycles. The Bertz CT molecular complexity index is 440. The van der Waals surface area contributed by atoms with Gasteiger partial charge in [-0.3, -0.25) is 9.89 Å². The number of rotatable bonds is 8. The lowest BCUT2D eigenvalue weighted by atomic mass is 10.1. The van der Waals surface area contributed by atoms with E-state index in [0.29, 0.717) is 5.92 Å². The first-order valence-corrected chi connectivity index (χ1v) is 8.71. The number of morpholine rings is 1. The third-order valence-electron chi connectivity index (χ3n) is 3.91. The van der Waals surface area contributed by atoms with E-state index in [1.54, 1.807) is 0 Å². The van der Waals surface area contributed by atoms with E-state index in [9.17, 15) is 0 Å². The summed E-state index contributed by atoms with van der Waals surface area (Å²) in [7, 11) is 0. The SMILES string of the molecule is CCNC(=NCC(C)CN1CCOCC1)NCCn1cccc1. The summed E-state index contributed by atoms with van der Waals surface area (Å²) < 4.78 is 7.56. The van der Waals surface area contributed by atoms with Gasteiger partial charge in [-0.1, -0.05) is 6.92 Å². The number of nitrogens with one attached hydrogen (secondary N) is 2. The molecule has 1 fully saturated rings. The molecule has 0 spiro atoms. The van der Waals surface area contributed by atoms with Gasteiger partial charge in [-0.2, -0.15) is 0 Å². The van der Waals surface area contributed by atoms with Crippen molar-refractivity contribution in [3.05, 3.63) is 24.5 Å². The molecule has 0 amide bonds. The second-order valence-corrected chi connectivity index (χ2v) is 6.09. The zero-order valence-corrected chi connectivity index (χ0v) is 14.5. The number of hydrogen-bond donors (Lipinski definition) is 2. The third-order valence-corrected chi connectivity index (χ3v) is 3.91. The van der Waals surface area contributed by atoms with E-state index in [1.807, 2.05) is 12.1 Å². The van der Waals surface area contributed by atoms with E-state index in [2.05, 4.69) is 46.3 Å². The van der Waals surface area contributed by atoms with Crippen LogP contribution in [-0.4, -0.2) is 67.9 Å². The van der Waals surface area contributed by atoms with Crippen LogP contribution in [0.25, 0.3) is 0 Å². The van der Waals surface area contributed by atoms with Gasteiger partial charge in [0.05, 0.1) is 13.2 Å². The summed E-state index contributed by atoms with van der Waals surface area (Å²) in [5, 5.41) is 6.72. The van der Waals surface area contributed by atoms with Gasteiger partial charge >= 0.3 is 0 Å². The molecule has 1 aliphatic heterocycles. The van der Waals surface area contributed by atoms with Gasteiger partial charge < -0.3 is 19.9 Å². The molecule has 1 unspecified atom stereocenters. The predicted octanol–water partition coefficient (Wildman–Crippen LogP) is 1.01. The zero-order valence-electron chi connectivity index (χ0n) is 14.5. The van der Waals surface area contributed by atoms with E-state index in [1.165, 1.54) is 0 Å². The molecule has 2 rings (SSSR count). The molecule has 0 aliphatic carbocycles. The molecule has 6 nitrogen and oxygen atoms in total. The maximum Gasteiger partial charge on any atom is 0.191 e. The summed E-state index contributed by atoms with van der Waals surface area (Å²) in [6.07, 6.45) is 4.16. The van der Waals surface area contributed by atoms with Crippen LogP contribution in [0.3, 0.4) is 0 Å². The van der Waals surface area contributed by atoms with Crippen molar-refractivity contribution in [3.8, 4) is 0 Å². The largest absolute Gasteiger partial charge is 0.379 e. The lowest BCUT2D eigenvalue weighted by Crippen LogP contribution is -2.41. The van der Waals surface area contributed by atoms with E-state index in [-0.39, 0.29) is 0 Å². The monoisotopic (exact) mass is 321 g/mol. The Hall–Kier alpha value is -1.53. The summed E-state index contributed by atoms with van der Waals surface area (Å²) in [4.78, 5) is 7.19. The summed E-state index contributed by atoms with van der Waals surface area (Å²) in [5.41, 5.74) is 0. The van der Waals surface area contributed by atoms with Gasteiger partial charge in [-0.25, -0.2) is 0 Å². The molecule has 1 aliphatic rings. The highest BCUT2D eigenvalue weighted by atomic mass is 16.5. The van der Waals surface area contributed by atoms with Gasteiger partial charge in [-0.05, 0) is 25.0 Å². The Morgan fingerprint density at radius 3 is 2.65 bits per heavy atom. The van der Waals surface area contributed by atoms with Crippen LogP contribution in [-0.2, 0) is 11.3 Å². The fraction of sp³-hybridized carbons (Fsp3) is 0.706. The molecule has 2 heterocycles. The second kappa shape index (κ2) is 10.3. The van der Waals surface area contributed by atoms with Crippen molar-refractivity contribution in [3.63, 3.8) is 0 Å². The Labute approximate surface area is 139 Å². The zero-order chi connectivity index (χ0) is 16.3. The molecule has 23 heavy (non-hydrogen) atoms. The summed E-state index contributed by atoms with van der Waals surface area (Å²) in [6, 6.07) is 4.10. The molecule has 1 saturated heterocycles. The highest BCUT2D eigenvalue weighted by molar-refractivity contribution is 5.79. The van der Waals surface area contributed by atoms with Crippen molar-refractivity contribution < 1.29 is 4.74 Å². The Balaban J connectivity index is 1.70. The minimum atomic E-state index is 0.549. The first kappa shape index (κ1) is 17.8. The van der Waals surface area contributed by atoms with E-state index < -0.39 is 0 Å². The molecule has 2 N–H and O–H groups in total. The molecule has 1 atom stereocenters. The lowest BCUT2D eigenvalue weighted by molar-refractivity contribution is 0.0323.